The number of hydrogen-bond donors (Lipinski definition) is 3. The van der Waals surface area contributed by atoms with Gasteiger partial charge in [-0.1, -0.05) is 6.92 Å². The Kier molecular flexibility index (Phi) is 7.49. The van der Waals surface area contributed by atoms with Crippen molar-refractivity contribution in [3.8, 4) is 5.75 Å². The van der Waals surface area contributed by atoms with Gasteiger partial charge < -0.3 is 20.7 Å². The first-order valence-electron chi connectivity index (χ1n) is 8.77. The molecule has 0 radical (unpaired) electrons. The van der Waals surface area contributed by atoms with Gasteiger partial charge in [-0.25, -0.2) is 0 Å². The van der Waals surface area contributed by atoms with E-state index in [1.54, 1.807) is 24.3 Å². The molecule has 0 saturated heterocycles. The predicted molar refractivity (Wildman–Crippen MR) is 104 cm³/mol. The lowest BCUT2D eigenvalue weighted by atomic mass is 10.2. The molecule has 0 aliphatic heterocycles. The number of rotatable bonds is 9. The van der Waals surface area contributed by atoms with E-state index in [4.69, 9.17) is 4.74 Å². The van der Waals surface area contributed by atoms with Gasteiger partial charge in [0, 0.05) is 23.5 Å². The van der Waals surface area contributed by atoms with Gasteiger partial charge in [0.1, 0.15) is 5.75 Å². The number of ether oxygens (including phenoxy) is 1. The summed E-state index contributed by atoms with van der Waals surface area (Å²) in [5.41, 5.74) is 2.05. The van der Waals surface area contributed by atoms with Crippen molar-refractivity contribution in [2.45, 2.75) is 20.3 Å². The summed E-state index contributed by atoms with van der Waals surface area (Å²) in [6, 6.07) is 14.3. The highest BCUT2D eigenvalue weighted by Crippen LogP contribution is 2.16. The van der Waals surface area contributed by atoms with Crippen molar-refractivity contribution in [1.29, 1.82) is 0 Å². The SMILES string of the molecule is CCCOc1ccc(NCC(=O)Nc2ccc(C(=O)NCC)cc2)cc1. The Morgan fingerprint density at radius 3 is 2.19 bits per heavy atom. The lowest BCUT2D eigenvalue weighted by Gasteiger charge is -2.10. The average Bonchev–Trinajstić information content (AvgIpc) is 2.66. The number of amides is 2. The molecule has 3 N–H and O–H groups in total. The molecule has 2 aromatic carbocycles. The van der Waals surface area contributed by atoms with Gasteiger partial charge in [0.2, 0.25) is 5.91 Å². The number of hydrogen-bond acceptors (Lipinski definition) is 4. The fraction of sp³-hybridized carbons (Fsp3) is 0.300. The van der Waals surface area contributed by atoms with E-state index in [0.29, 0.717) is 24.4 Å². The minimum absolute atomic E-state index is 0.126. The molecule has 0 aromatic heterocycles. The summed E-state index contributed by atoms with van der Waals surface area (Å²) in [5.74, 6) is 0.523. The van der Waals surface area contributed by atoms with Crippen molar-refractivity contribution >= 4 is 23.2 Å². The smallest absolute Gasteiger partial charge is 0.251 e. The van der Waals surface area contributed by atoms with Crippen LogP contribution < -0.4 is 20.7 Å². The summed E-state index contributed by atoms with van der Waals surface area (Å²) in [4.78, 5) is 23.7. The zero-order valence-electron chi connectivity index (χ0n) is 15.2. The Bertz CT molecular complexity index is 712. The van der Waals surface area contributed by atoms with Crippen molar-refractivity contribution in [3.05, 3.63) is 54.1 Å². The Hall–Kier alpha value is -3.02. The number of benzene rings is 2. The van der Waals surface area contributed by atoms with Gasteiger partial charge in [-0.15, -0.1) is 0 Å². The molecule has 2 aromatic rings. The van der Waals surface area contributed by atoms with Gasteiger partial charge in [0.25, 0.3) is 5.91 Å². The third-order valence-electron chi connectivity index (χ3n) is 3.55. The highest BCUT2D eigenvalue weighted by Gasteiger charge is 2.06. The molecule has 2 rings (SSSR count). The van der Waals surface area contributed by atoms with E-state index in [0.717, 1.165) is 17.9 Å². The van der Waals surface area contributed by atoms with Gasteiger partial charge >= 0.3 is 0 Å². The van der Waals surface area contributed by atoms with E-state index in [1.165, 1.54) is 0 Å². The van der Waals surface area contributed by atoms with Gasteiger partial charge in [-0.05, 0) is 61.9 Å². The Morgan fingerprint density at radius 1 is 0.923 bits per heavy atom. The van der Waals surface area contributed by atoms with Crippen LogP contribution in [-0.4, -0.2) is 31.5 Å². The van der Waals surface area contributed by atoms with Crippen LogP contribution >= 0.6 is 0 Å². The van der Waals surface area contributed by atoms with Gasteiger partial charge in [0.15, 0.2) is 0 Å². The molecule has 26 heavy (non-hydrogen) atoms. The lowest BCUT2D eigenvalue weighted by molar-refractivity contribution is -0.114. The second-order valence-corrected chi connectivity index (χ2v) is 5.71. The first-order valence-corrected chi connectivity index (χ1v) is 8.77. The number of nitrogens with one attached hydrogen (secondary N) is 3. The van der Waals surface area contributed by atoms with E-state index >= 15 is 0 Å². The molecule has 0 heterocycles. The molecule has 0 atom stereocenters. The maximum absolute atomic E-state index is 12.0. The second kappa shape index (κ2) is 10.1. The predicted octanol–water partition coefficient (Wildman–Crippen LogP) is 3.28. The van der Waals surface area contributed by atoms with E-state index < -0.39 is 0 Å². The summed E-state index contributed by atoms with van der Waals surface area (Å²) in [6.07, 6.45) is 0.963. The Balaban J connectivity index is 1.80. The Labute approximate surface area is 153 Å². The van der Waals surface area contributed by atoms with Crippen LogP contribution in [0.1, 0.15) is 30.6 Å². The van der Waals surface area contributed by atoms with Crippen LogP contribution in [-0.2, 0) is 4.79 Å². The van der Waals surface area contributed by atoms with E-state index in [-0.39, 0.29) is 18.4 Å². The molecule has 0 spiro atoms. The van der Waals surface area contributed by atoms with Crippen LogP contribution in [0, 0.1) is 0 Å². The van der Waals surface area contributed by atoms with Crippen molar-refractivity contribution < 1.29 is 14.3 Å². The van der Waals surface area contributed by atoms with Crippen LogP contribution in [0.5, 0.6) is 5.75 Å². The molecular weight excluding hydrogens is 330 g/mol. The van der Waals surface area contributed by atoms with Crippen molar-refractivity contribution in [1.82, 2.24) is 5.32 Å². The first-order chi connectivity index (χ1) is 12.6. The fourth-order valence-electron chi connectivity index (χ4n) is 2.24. The van der Waals surface area contributed by atoms with Crippen LogP contribution in [0.25, 0.3) is 0 Å². The Morgan fingerprint density at radius 2 is 1.58 bits per heavy atom. The lowest BCUT2D eigenvalue weighted by Crippen LogP contribution is -2.23. The molecule has 0 aliphatic rings. The van der Waals surface area contributed by atoms with Crippen molar-refractivity contribution in [3.63, 3.8) is 0 Å². The van der Waals surface area contributed by atoms with E-state index in [2.05, 4.69) is 22.9 Å². The first kappa shape index (κ1) is 19.3. The number of anilines is 2. The number of carbonyl (C=O) groups excluding carboxylic acids is 2. The molecule has 138 valence electrons. The molecule has 0 aliphatic carbocycles. The maximum atomic E-state index is 12.0. The molecule has 0 unspecified atom stereocenters. The zero-order chi connectivity index (χ0) is 18.8. The van der Waals surface area contributed by atoms with Gasteiger partial charge in [-0.3, -0.25) is 9.59 Å². The van der Waals surface area contributed by atoms with Gasteiger partial charge in [0.05, 0.1) is 13.2 Å². The highest BCUT2D eigenvalue weighted by molar-refractivity contribution is 5.96. The number of carbonyl (C=O) groups is 2. The maximum Gasteiger partial charge on any atom is 0.251 e. The van der Waals surface area contributed by atoms with Crippen LogP contribution in [0.4, 0.5) is 11.4 Å². The highest BCUT2D eigenvalue weighted by atomic mass is 16.5. The molecule has 0 bridgehead atoms. The van der Waals surface area contributed by atoms with Crippen molar-refractivity contribution in [2.24, 2.45) is 0 Å². The van der Waals surface area contributed by atoms with Crippen molar-refractivity contribution in [2.75, 3.05) is 30.3 Å². The molecule has 0 saturated carbocycles. The quantitative estimate of drug-likeness (QED) is 0.645. The summed E-state index contributed by atoms with van der Waals surface area (Å²) in [5, 5.41) is 8.58. The summed E-state index contributed by atoms with van der Waals surface area (Å²) >= 11 is 0. The minimum atomic E-state index is -0.165. The second-order valence-electron chi connectivity index (χ2n) is 5.71. The van der Waals surface area contributed by atoms with E-state index in [9.17, 15) is 9.59 Å². The van der Waals surface area contributed by atoms with Crippen LogP contribution in [0.15, 0.2) is 48.5 Å². The topological polar surface area (TPSA) is 79.5 Å². The summed E-state index contributed by atoms with van der Waals surface area (Å²) in [7, 11) is 0. The molecule has 6 nitrogen and oxygen atoms in total. The minimum Gasteiger partial charge on any atom is -0.494 e. The third kappa shape index (κ3) is 6.12. The monoisotopic (exact) mass is 355 g/mol. The van der Waals surface area contributed by atoms with Crippen LogP contribution in [0.3, 0.4) is 0 Å². The summed E-state index contributed by atoms with van der Waals surface area (Å²) < 4.78 is 5.52. The van der Waals surface area contributed by atoms with E-state index in [1.807, 2.05) is 31.2 Å². The molecular formula is C20H25N3O3. The standard InChI is InChI=1S/C20H25N3O3/c1-3-13-26-18-11-9-16(10-12-18)22-14-19(24)23-17-7-5-15(6-8-17)20(25)21-4-2/h5-12,22H,3-4,13-14H2,1-2H3,(H,21,25)(H,23,24). The average molecular weight is 355 g/mol. The largest absolute Gasteiger partial charge is 0.494 e. The third-order valence-corrected chi connectivity index (χ3v) is 3.55. The summed E-state index contributed by atoms with van der Waals surface area (Å²) in [6.45, 7) is 5.34. The molecule has 0 fully saturated rings. The van der Waals surface area contributed by atoms with Crippen LogP contribution in [0.2, 0.25) is 0 Å². The normalized spacial score (nSPS) is 10.1. The molecule has 2 amide bonds. The zero-order valence-corrected chi connectivity index (χ0v) is 15.2. The molecule has 6 heteroatoms. The fourth-order valence-corrected chi connectivity index (χ4v) is 2.24. The van der Waals surface area contributed by atoms with Gasteiger partial charge in [-0.2, -0.15) is 0 Å².